The third kappa shape index (κ3) is 5.40. The van der Waals surface area contributed by atoms with Crippen molar-refractivity contribution in [2.75, 3.05) is 30.0 Å². The fourth-order valence-corrected chi connectivity index (χ4v) is 3.91. The maximum absolute atomic E-state index is 13.7. The molecule has 1 saturated heterocycles. The Hall–Kier alpha value is -2.63. The molecule has 7 nitrogen and oxygen atoms in total. The van der Waals surface area contributed by atoms with Crippen LogP contribution < -0.4 is 15.5 Å². The van der Waals surface area contributed by atoms with Crippen molar-refractivity contribution in [1.82, 2.24) is 5.32 Å². The highest BCUT2D eigenvalue weighted by atomic mass is 35.5. The summed E-state index contributed by atoms with van der Waals surface area (Å²) in [5.41, 5.74) is -2.95. The summed E-state index contributed by atoms with van der Waals surface area (Å²) < 4.78 is 46.5. The molecule has 0 unspecified atom stereocenters. The van der Waals surface area contributed by atoms with Crippen LogP contribution in [0.4, 0.5) is 24.5 Å². The summed E-state index contributed by atoms with van der Waals surface area (Å²) in [6.07, 6.45) is -4.77. The molecule has 0 saturated carbocycles. The minimum Gasteiger partial charge on any atom is -0.370 e. The zero-order chi connectivity index (χ0) is 23.7. The fourth-order valence-electron chi connectivity index (χ4n) is 2.97. The smallest absolute Gasteiger partial charge is 0.370 e. The molecule has 1 aliphatic rings. The summed E-state index contributed by atoms with van der Waals surface area (Å²) in [4.78, 5) is 38.3. The molecule has 1 aromatic carbocycles. The molecule has 0 bridgehead atoms. The molecule has 0 atom stereocenters. The molecule has 2 N–H and O–H groups in total. The number of anilines is 2. The van der Waals surface area contributed by atoms with Gasteiger partial charge in [-0.1, -0.05) is 11.6 Å². The van der Waals surface area contributed by atoms with Crippen LogP contribution in [-0.2, 0) is 20.5 Å². The average molecular weight is 490 g/mol. The van der Waals surface area contributed by atoms with Crippen molar-refractivity contribution in [3.05, 3.63) is 45.1 Å². The second kappa shape index (κ2) is 9.08. The minimum atomic E-state index is -4.77. The lowest BCUT2D eigenvalue weighted by molar-refractivity contribution is -0.137. The van der Waals surface area contributed by atoms with Gasteiger partial charge in [0.25, 0.3) is 11.8 Å². The lowest BCUT2D eigenvalue weighted by atomic mass is 10.0. The number of nitrogens with one attached hydrogen (secondary N) is 2. The number of halogens is 4. The SMILES string of the molecule is CC(C)(NC(=O)c1ccc(Cl)s1)C(=O)Nc1ccc(N2CCOCC2=O)c(C(F)(F)F)c1. The Balaban J connectivity index is 1.80. The highest BCUT2D eigenvalue weighted by molar-refractivity contribution is 7.18. The van der Waals surface area contributed by atoms with Gasteiger partial charge in [-0.3, -0.25) is 14.4 Å². The first kappa shape index (κ1) is 24.0. The minimum absolute atomic E-state index is 0.0145. The van der Waals surface area contributed by atoms with Crippen LogP contribution in [0.25, 0.3) is 0 Å². The number of hydrogen-bond donors (Lipinski definition) is 2. The number of morpholine rings is 1. The molecule has 3 amide bonds. The maximum atomic E-state index is 13.7. The molecule has 172 valence electrons. The molecule has 2 heterocycles. The van der Waals surface area contributed by atoms with E-state index in [0.29, 0.717) is 4.34 Å². The quantitative estimate of drug-likeness (QED) is 0.666. The summed E-state index contributed by atoms with van der Waals surface area (Å²) in [5.74, 6) is -1.85. The van der Waals surface area contributed by atoms with Gasteiger partial charge in [-0.15, -0.1) is 11.3 Å². The summed E-state index contributed by atoms with van der Waals surface area (Å²) in [5, 5.41) is 4.93. The Bertz CT molecular complexity index is 1050. The van der Waals surface area contributed by atoms with Crippen molar-refractivity contribution in [3.8, 4) is 0 Å². The number of benzene rings is 1. The Labute approximate surface area is 190 Å². The standard InChI is InChI=1S/C20H19ClF3N3O4S/c1-19(2,26-17(29)14-5-6-15(21)32-14)18(30)25-11-3-4-13(12(9-11)20(22,23)24)27-7-8-31-10-16(27)28/h3-6,9H,7-8,10H2,1-2H3,(H,25,30)(H,26,29). The van der Waals surface area contributed by atoms with Crippen molar-refractivity contribution in [1.29, 1.82) is 0 Å². The molecule has 0 aliphatic carbocycles. The number of carbonyl (C=O) groups excluding carboxylic acids is 3. The van der Waals surface area contributed by atoms with Crippen LogP contribution in [0.3, 0.4) is 0 Å². The van der Waals surface area contributed by atoms with Crippen LogP contribution in [0.2, 0.25) is 4.34 Å². The Morgan fingerprint density at radius 2 is 1.91 bits per heavy atom. The number of rotatable bonds is 5. The second-order valence-corrected chi connectivity index (χ2v) is 9.18. The van der Waals surface area contributed by atoms with Crippen molar-refractivity contribution in [3.63, 3.8) is 0 Å². The van der Waals surface area contributed by atoms with Crippen LogP contribution in [0, 0.1) is 0 Å². The van der Waals surface area contributed by atoms with Crippen molar-refractivity contribution >= 4 is 52.0 Å². The predicted molar refractivity (Wildman–Crippen MR) is 114 cm³/mol. The topological polar surface area (TPSA) is 87.7 Å². The van der Waals surface area contributed by atoms with Crippen LogP contribution >= 0.6 is 22.9 Å². The number of carbonyl (C=O) groups is 3. The lowest BCUT2D eigenvalue weighted by Crippen LogP contribution is -2.52. The maximum Gasteiger partial charge on any atom is 0.418 e. The zero-order valence-electron chi connectivity index (χ0n) is 17.0. The third-order valence-corrected chi connectivity index (χ3v) is 5.86. The molecule has 0 radical (unpaired) electrons. The molecular weight excluding hydrogens is 471 g/mol. The molecule has 32 heavy (non-hydrogen) atoms. The first-order valence-corrected chi connectivity index (χ1v) is 10.6. The van der Waals surface area contributed by atoms with E-state index < -0.39 is 35.0 Å². The molecule has 1 aromatic heterocycles. The molecule has 12 heteroatoms. The Morgan fingerprint density at radius 3 is 2.50 bits per heavy atom. The highest BCUT2D eigenvalue weighted by Crippen LogP contribution is 2.39. The van der Waals surface area contributed by atoms with Crippen molar-refractivity contribution in [2.24, 2.45) is 0 Å². The van der Waals surface area contributed by atoms with E-state index in [-0.39, 0.29) is 36.0 Å². The molecule has 1 fully saturated rings. The molecular formula is C20H19ClF3N3O4S. The van der Waals surface area contributed by atoms with Gasteiger partial charge in [-0.2, -0.15) is 13.2 Å². The number of alkyl halides is 3. The molecule has 3 rings (SSSR count). The summed E-state index contributed by atoms with van der Waals surface area (Å²) in [6, 6.07) is 6.18. The fraction of sp³-hybridized carbons (Fsp3) is 0.350. The van der Waals surface area contributed by atoms with Crippen LogP contribution in [0.15, 0.2) is 30.3 Å². The van der Waals surface area contributed by atoms with E-state index in [4.69, 9.17) is 16.3 Å². The highest BCUT2D eigenvalue weighted by Gasteiger charge is 2.38. The van der Waals surface area contributed by atoms with Crippen LogP contribution in [-0.4, -0.2) is 43.0 Å². The molecule has 0 spiro atoms. The summed E-state index contributed by atoms with van der Waals surface area (Å²) in [6.45, 7) is 2.63. The van der Waals surface area contributed by atoms with E-state index in [1.165, 1.54) is 32.0 Å². The summed E-state index contributed by atoms with van der Waals surface area (Å²) >= 11 is 6.84. The zero-order valence-corrected chi connectivity index (χ0v) is 18.6. The van der Waals surface area contributed by atoms with Gasteiger partial charge in [0.1, 0.15) is 12.1 Å². The lowest BCUT2D eigenvalue weighted by Gasteiger charge is -2.30. The molecule has 2 aromatic rings. The van der Waals surface area contributed by atoms with Gasteiger partial charge in [0.05, 0.1) is 27.1 Å². The normalized spacial score (nSPS) is 14.9. The van der Waals surface area contributed by atoms with Gasteiger partial charge >= 0.3 is 6.18 Å². The summed E-state index contributed by atoms with van der Waals surface area (Å²) in [7, 11) is 0. The largest absolute Gasteiger partial charge is 0.418 e. The Morgan fingerprint density at radius 1 is 1.19 bits per heavy atom. The van der Waals surface area contributed by atoms with Gasteiger partial charge in [-0.25, -0.2) is 0 Å². The van der Waals surface area contributed by atoms with E-state index in [0.717, 1.165) is 28.4 Å². The average Bonchev–Trinajstić information content (AvgIpc) is 3.14. The number of nitrogens with zero attached hydrogens (tertiary/aromatic N) is 1. The number of hydrogen-bond acceptors (Lipinski definition) is 5. The van der Waals surface area contributed by atoms with Crippen molar-refractivity contribution < 1.29 is 32.3 Å². The first-order valence-electron chi connectivity index (χ1n) is 9.37. The van der Waals surface area contributed by atoms with Gasteiger partial charge in [0.15, 0.2) is 0 Å². The van der Waals surface area contributed by atoms with Gasteiger partial charge in [-0.05, 0) is 44.2 Å². The monoisotopic (exact) mass is 489 g/mol. The van der Waals surface area contributed by atoms with Gasteiger partial charge < -0.3 is 20.3 Å². The number of thiophene rings is 1. The predicted octanol–water partition coefficient (Wildman–Crippen LogP) is 3.93. The van der Waals surface area contributed by atoms with Gasteiger partial charge in [0, 0.05) is 12.2 Å². The van der Waals surface area contributed by atoms with E-state index >= 15 is 0 Å². The van der Waals surface area contributed by atoms with E-state index in [1.54, 1.807) is 0 Å². The van der Waals surface area contributed by atoms with E-state index in [9.17, 15) is 27.6 Å². The first-order chi connectivity index (χ1) is 14.9. The van der Waals surface area contributed by atoms with Crippen LogP contribution in [0.5, 0.6) is 0 Å². The van der Waals surface area contributed by atoms with Crippen LogP contribution in [0.1, 0.15) is 29.1 Å². The third-order valence-electron chi connectivity index (χ3n) is 4.63. The van der Waals surface area contributed by atoms with Crippen molar-refractivity contribution in [2.45, 2.75) is 25.6 Å². The van der Waals surface area contributed by atoms with Gasteiger partial charge in [0.2, 0.25) is 5.91 Å². The number of ether oxygens (including phenoxy) is 1. The van der Waals surface area contributed by atoms with E-state index in [1.807, 2.05) is 0 Å². The molecule has 1 aliphatic heterocycles. The number of amides is 3. The van der Waals surface area contributed by atoms with E-state index in [2.05, 4.69) is 10.6 Å². The Kier molecular flexibility index (Phi) is 6.82. The second-order valence-electron chi connectivity index (χ2n) is 7.46.